The molecule has 0 saturated heterocycles. The van der Waals surface area contributed by atoms with Crippen LogP contribution >= 0.6 is 0 Å². The standard InChI is InChI=1S/C22H31N2O3Si.ClH/c1-17-13-18(2)22(19(3)14-17)24-12-11-23(16-24)15-20-7-9-21(10-8-20)28(25-4,26-5)27-6;/h7-10,13-14,16H,11-12,15H2,1-6H3;1H/q+1;/p-1. The molecule has 0 bridgehead atoms. The van der Waals surface area contributed by atoms with Gasteiger partial charge in [0.05, 0.1) is 0 Å². The van der Waals surface area contributed by atoms with Crippen molar-refractivity contribution in [3.8, 4) is 0 Å². The molecule has 0 N–H and O–H groups in total. The van der Waals surface area contributed by atoms with E-state index in [2.05, 4.69) is 73.0 Å². The molecule has 2 aromatic rings. The second-order valence-electron chi connectivity index (χ2n) is 7.39. The molecule has 3 rings (SSSR count). The highest BCUT2D eigenvalue weighted by Gasteiger charge is 2.40. The second-order valence-corrected chi connectivity index (χ2v) is 10.3. The summed E-state index contributed by atoms with van der Waals surface area (Å²) in [5.74, 6) is 0. The van der Waals surface area contributed by atoms with Gasteiger partial charge in [0.1, 0.15) is 25.3 Å². The van der Waals surface area contributed by atoms with Gasteiger partial charge in [-0.1, -0.05) is 42.0 Å². The van der Waals surface area contributed by atoms with Crippen molar-refractivity contribution in [3.05, 3.63) is 58.7 Å². The molecular weight excluding hydrogens is 404 g/mol. The van der Waals surface area contributed by atoms with E-state index in [1.165, 1.54) is 27.9 Å². The van der Waals surface area contributed by atoms with E-state index in [9.17, 15) is 0 Å². The summed E-state index contributed by atoms with van der Waals surface area (Å²) in [6, 6.07) is 12.9. The molecular formula is C22H31ClN2O3Si. The minimum absolute atomic E-state index is 0. The topological polar surface area (TPSA) is 33.9 Å². The molecule has 5 nitrogen and oxygen atoms in total. The van der Waals surface area contributed by atoms with Crippen LogP contribution in [0.25, 0.3) is 0 Å². The van der Waals surface area contributed by atoms with Crippen LogP contribution in [0.1, 0.15) is 22.3 Å². The van der Waals surface area contributed by atoms with Gasteiger partial charge in [0.25, 0.3) is 0 Å². The van der Waals surface area contributed by atoms with Crippen molar-refractivity contribution in [2.24, 2.45) is 0 Å². The lowest BCUT2D eigenvalue weighted by atomic mass is 10.0. The molecule has 0 amide bonds. The Bertz CT molecular complexity index is 836. The van der Waals surface area contributed by atoms with Gasteiger partial charge in [0.2, 0.25) is 6.34 Å². The summed E-state index contributed by atoms with van der Waals surface area (Å²) >= 11 is 0. The molecule has 158 valence electrons. The number of hydrogen-bond donors (Lipinski definition) is 0. The zero-order valence-electron chi connectivity index (χ0n) is 18.2. The fourth-order valence-corrected chi connectivity index (χ4v) is 5.90. The molecule has 0 saturated carbocycles. The third-order valence-electron chi connectivity index (χ3n) is 5.35. The lowest BCUT2D eigenvalue weighted by Crippen LogP contribution is -3.00. The Kier molecular flexibility index (Phi) is 8.02. The maximum Gasteiger partial charge on any atom is 0.536 e. The Morgan fingerprint density at radius 3 is 2.00 bits per heavy atom. The van der Waals surface area contributed by atoms with Crippen LogP contribution in [-0.4, -0.2) is 54.1 Å². The SMILES string of the molecule is CO[Si](OC)(OC)c1ccc(C[N+]2=CN(c3c(C)cc(C)cc3C)CC2)cc1.[Cl-]. The van der Waals surface area contributed by atoms with Gasteiger partial charge in [-0.25, -0.2) is 4.90 Å². The average molecular weight is 435 g/mol. The van der Waals surface area contributed by atoms with Gasteiger partial charge in [-0.05, 0) is 37.5 Å². The molecule has 1 aliphatic rings. The van der Waals surface area contributed by atoms with Crippen LogP contribution in [0.2, 0.25) is 0 Å². The summed E-state index contributed by atoms with van der Waals surface area (Å²) < 4.78 is 19.0. The molecule has 1 aliphatic heterocycles. The van der Waals surface area contributed by atoms with Gasteiger partial charge in [0.15, 0.2) is 0 Å². The number of benzene rings is 2. The smallest absolute Gasteiger partial charge is 0.536 e. The van der Waals surface area contributed by atoms with Crippen LogP contribution < -0.4 is 22.5 Å². The van der Waals surface area contributed by atoms with E-state index >= 15 is 0 Å². The average Bonchev–Trinajstić information content (AvgIpc) is 3.12. The predicted octanol–water partition coefficient (Wildman–Crippen LogP) is -0.238. The van der Waals surface area contributed by atoms with Crippen molar-refractivity contribution < 1.29 is 30.3 Å². The van der Waals surface area contributed by atoms with Crippen molar-refractivity contribution in [2.45, 2.75) is 27.3 Å². The highest BCUT2D eigenvalue weighted by Crippen LogP contribution is 2.26. The first kappa shape index (κ1) is 23.6. The fraction of sp³-hybridized carbons (Fsp3) is 0.409. The molecule has 0 fully saturated rings. The van der Waals surface area contributed by atoms with Crippen LogP contribution in [-0.2, 0) is 19.8 Å². The predicted molar refractivity (Wildman–Crippen MR) is 116 cm³/mol. The lowest BCUT2D eigenvalue weighted by Gasteiger charge is -2.24. The number of aryl methyl sites for hydroxylation is 3. The molecule has 0 atom stereocenters. The van der Waals surface area contributed by atoms with Crippen molar-refractivity contribution >= 4 is 26.0 Å². The quantitative estimate of drug-likeness (QED) is 0.445. The van der Waals surface area contributed by atoms with Gasteiger partial charge >= 0.3 is 8.80 Å². The van der Waals surface area contributed by atoms with E-state index in [1.807, 2.05) is 0 Å². The number of nitrogens with zero attached hydrogens (tertiary/aromatic N) is 2. The highest BCUT2D eigenvalue weighted by atomic mass is 35.5. The maximum absolute atomic E-state index is 5.56. The third-order valence-corrected chi connectivity index (χ3v) is 8.01. The van der Waals surface area contributed by atoms with Crippen molar-refractivity contribution in [3.63, 3.8) is 0 Å². The zero-order chi connectivity index (χ0) is 20.3. The maximum atomic E-state index is 5.56. The van der Waals surface area contributed by atoms with Crippen LogP contribution in [0, 0.1) is 20.8 Å². The first-order valence-corrected chi connectivity index (χ1v) is 11.3. The molecule has 7 heteroatoms. The van der Waals surface area contributed by atoms with E-state index in [-0.39, 0.29) is 12.4 Å². The largest absolute Gasteiger partial charge is 1.00 e. The summed E-state index contributed by atoms with van der Waals surface area (Å²) in [7, 11) is 2.14. The lowest BCUT2D eigenvalue weighted by molar-refractivity contribution is -0.530. The van der Waals surface area contributed by atoms with E-state index in [1.54, 1.807) is 21.3 Å². The monoisotopic (exact) mass is 434 g/mol. The van der Waals surface area contributed by atoms with Crippen LogP contribution in [0.5, 0.6) is 0 Å². The summed E-state index contributed by atoms with van der Waals surface area (Å²) in [6.07, 6.45) is 2.25. The van der Waals surface area contributed by atoms with Crippen LogP contribution in [0.4, 0.5) is 5.69 Å². The fourth-order valence-electron chi connectivity index (χ4n) is 4.12. The molecule has 0 spiro atoms. The molecule has 2 aromatic carbocycles. The minimum atomic E-state index is -2.76. The Hall–Kier alpha value is -1.70. The van der Waals surface area contributed by atoms with E-state index in [4.69, 9.17) is 13.3 Å². The van der Waals surface area contributed by atoms with Crippen molar-refractivity contribution in [1.29, 1.82) is 0 Å². The summed E-state index contributed by atoms with van der Waals surface area (Å²) in [4.78, 5) is 2.37. The number of hydrogen-bond acceptors (Lipinski definition) is 4. The summed E-state index contributed by atoms with van der Waals surface area (Å²) in [5.41, 5.74) is 6.57. The molecule has 0 aliphatic carbocycles. The minimum Gasteiger partial charge on any atom is -1.00 e. The molecule has 0 aromatic heterocycles. The Balaban J connectivity index is 0.00000300. The Morgan fingerprint density at radius 2 is 1.48 bits per heavy atom. The molecule has 0 radical (unpaired) electrons. The molecule has 1 heterocycles. The number of rotatable bonds is 7. The van der Waals surface area contributed by atoms with E-state index < -0.39 is 8.80 Å². The summed E-state index contributed by atoms with van der Waals surface area (Å²) in [6.45, 7) is 9.45. The van der Waals surface area contributed by atoms with Gasteiger partial charge in [-0.15, -0.1) is 0 Å². The van der Waals surface area contributed by atoms with E-state index in [0.717, 1.165) is 24.8 Å². The van der Waals surface area contributed by atoms with Crippen molar-refractivity contribution in [1.82, 2.24) is 0 Å². The van der Waals surface area contributed by atoms with Crippen LogP contribution in [0.15, 0.2) is 36.4 Å². The van der Waals surface area contributed by atoms with Gasteiger partial charge in [0, 0.05) is 26.5 Å². The third kappa shape index (κ3) is 4.90. The normalized spacial score (nSPS) is 14.0. The van der Waals surface area contributed by atoms with Gasteiger partial charge < -0.3 is 25.7 Å². The number of anilines is 1. The second kappa shape index (κ2) is 9.87. The molecule has 29 heavy (non-hydrogen) atoms. The first-order valence-electron chi connectivity index (χ1n) is 9.61. The highest BCUT2D eigenvalue weighted by molar-refractivity contribution is 6.75. The number of halogens is 1. The van der Waals surface area contributed by atoms with Gasteiger partial charge in [-0.3, -0.25) is 4.58 Å². The van der Waals surface area contributed by atoms with Crippen molar-refractivity contribution in [2.75, 3.05) is 39.3 Å². The Morgan fingerprint density at radius 1 is 0.931 bits per heavy atom. The zero-order valence-corrected chi connectivity index (χ0v) is 19.9. The van der Waals surface area contributed by atoms with E-state index in [0.29, 0.717) is 0 Å². The first-order chi connectivity index (χ1) is 13.4. The van der Waals surface area contributed by atoms with Crippen LogP contribution in [0.3, 0.4) is 0 Å². The van der Waals surface area contributed by atoms with Gasteiger partial charge in [-0.2, -0.15) is 0 Å². The summed E-state index contributed by atoms with van der Waals surface area (Å²) in [5, 5.41) is 0.974. The Labute approximate surface area is 181 Å². The molecule has 0 unspecified atom stereocenters.